The van der Waals surface area contributed by atoms with Crippen molar-refractivity contribution in [3.63, 3.8) is 0 Å². The number of methoxy groups -OCH3 is 1. The van der Waals surface area contributed by atoms with Crippen LogP contribution in [0.15, 0.2) is 18.2 Å². The minimum Gasteiger partial charge on any atom is -0.497 e. The Hall–Kier alpha value is -1.02. The lowest BCUT2D eigenvalue weighted by Crippen LogP contribution is -2.34. The Bertz CT molecular complexity index is 480. The third-order valence-electron chi connectivity index (χ3n) is 4.27. The minimum absolute atomic E-state index is 0.0680. The monoisotopic (exact) mass is 280 g/mol. The minimum atomic E-state index is 0.0680. The number of rotatable bonds is 3. The standard InChI is InChI=1S/C16H21ClO2/c1-16(2)9-5-4-6-13(16)15(18)12-8-7-11(19-3)10-14(12)17/h7-8,10,13H,4-6,9H2,1-3H3. The summed E-state index contributed by atoms with van der Waals surface area (Å²) in [5.41, 5.74) is 0.695. The average molecular weight is 281 g/mol. The second kappa shape index (κ2) is 5.54. The normalized spacial score (nSPS) is 22.0. The summed E-state index contributed by atoms with van der Waals surface area (Å²) in [4.78, 5) is 12.7. The number of hydrogen-bond acceptors (Lipinski definition) is 2. The lowest BCUT2D eigenvalue weighted by molar-refractivity contribution is 0.0697. The highest BCUT2D eigenvalue weighted by atomic mass is 35.5. The molecule has 1 unspecified atom stereocenters. The van der Waals surface area contributed by atoms with Gasteiger partial charge in [0, 0.05) is 11.5 Å². The zero-order valence-corrected chi connectivity index (χ0v) is 12.6. The summed E-state index contributed by atoms with van der Waals surface area (Å²) in [6.07, 6.45) is 4.42. The Morgan fingerprint density at radius 1 is 1.37 bits per heavy atom. The van der Waals surface area contributed by atoms with Crippen molar-refractivity contribution in [1.82, 2.24) is 0 Å². The van der Waals surface area contributed by atoms with Gasteiger partial charge >= 0.3 is 0 Å². The van der Waals surface area contributed by atoms with Gasteiger partial charge in [-0.15, -0.1) is 0 Å². The predicted molar refractivity (Wildman–Crippen MR) is 78.1 cm³/mol. The van der Waals surface area contributed by atoms with Crippen LogP contribution in [0.4, 0.5) is 0 Å². The second-order valence-corrected chi connectivity index (χ2v) is 6.40. The van der Waals surface area contributed by atoms with Gasteiger partial charge in [-0.1, -0.05) is 38.3 Å². The van der Waals surface area contributed by atoms with E-state index in [0.717, 1.165) is 19.3 Å². The molecular weight excluding hydrogens is 260 g/mol. The smallest absolute Gasteiger partial charge is 0.167 e. The molecule has 1 fully saturated rings. The summed E-state index contributed by atoms with van der Waals surface area (Å²) in [6.45, 7) is 4.37. The van der Waals surface area contributed by atoms with Crippen molar-refractivity contribution >= 4 is 17.4 Å². The molecule has 1 atom stereocenters. The molecule has 2 nitrogen and oxygen atoms in total. The molecule has 0 bridgehead atoms. The molecule has 0 spiro atoms. The molecule has 19 heavy (non-hydrogen) atoms. The molecule has 0 aromatic heterocycles. The van der Waals surface area contributed by atoms with Crippen molar-refractivity contribution in [2.75, 3.05) is 7.11 Å². The number of halogens is 1. The molecule has 0 radical (unpaired) electrons. The molecule has 0 saturated heterocycles. The van der Waals surface area contributed by atoms with Crippen LogP contribution in [-0.4, -0.2) is 12.9 Å². The second-order valence-electron chi connectivity index (χ2n) is 6.00. The largest absolute Gasteiger partial charge is 0.497 e. The van der Waals surface area contributed by atoms with Crippen molar-refractivity contribution in [2.24, 2.45) is 11.3 Å². The fourth-order valence-corrected chi connectivity index (χ4v) is 3.25. The van der Waals surface area contributed by atoms with E-state index in [1.165, 1.54) is 6.42 Å². The average Bonchev–Trinajstić information content (AvgIpc) is 2.37. The molecular formula is C16H21ClO2. The highest BCUT2D eigenvalue weighted by Crippen LogP contribution is 2.43. The lowest BCUT2D eigenvalue weighted by atomic mass is 9.66. The van der Waals surface area contributed by atoms with Gasteiger partial charge in [0.2, 0.25) is 0 Å². The lowest BCUT2D eigenvalue weighted by Gasteiger charge is -2.37. The van der Waals surface area contributed by atoms with Gasteiger partial charge in [-0.25, -0.2) is 0 Å². The number of benzene rings is 1. The van der Waals surface area contributed by atoms with Crippen LogP contribution in [0.2, 0.25) is 5.02 Å². The Kier molecular flexibility index (Phi) is 4.19. The SMILES string of the molecule is COc1ccc(C(=O)C2CCCCC2(C)C)c(Cl)c1. The highest BCUT2D eigenvalue weighted by molar-refractivity contribution is 6.34. The highest BCUT2D eigenvalue weighted by Gasteiger charge is 2.37. The van der Waals surface area contributed by atoms with Crippen molar-refractivity contribution in [3.05, 3.63) is 28.8 Å². The van der Waals surface area contributed by atoms with Crippen molar-refractivity contribution in [2.45, 2.75) is 39.5 Å². The van der Waals surface area contributed by atoms with Crippen LogP contribution in [0.1, 0.15) is 49.9 Å². The number of ether oxygens (including phenoxy) is 1. The fraction of sp³-hybridized carbons (Fsp3) is 0.562. The quantitative estimate of drug-likeness (QED) is 0.747. The van der Waals surface area contributed by atoms with Gasteiger partial charge in [0.15, 0.2) is 5.78 Å². The topological polar surface area (TPSA) is 26.3 Å². The van der Waals surface area contributed by atoms with Gasteiger partial charge in [-0.05, 0) is 36.5 Å². The van der Waals surface area contributed by atoms with Gasteiger partial charge in [-0.2, -0.15) is 0 Å². The van der Waals surface area contributed by atoms with Gasteiger partial charge in [0.25, 0.3) is 0 Å². The zero-order valence-electron chi connectivity index (χ0n) is 11.8. The van der Waals surface area contributed by atoms with Crippen LogP contribution in [0.3, 0.4) is 0 Å². The number of carbonyl (C=O) groups excluding carboxylic acids is 1. The van der Waals surface area contributed by atoms with E-state index < -0.39 is 0 Å². The summed E-state index contributed by atoms with van der Waals surface area (Å²) in [6, 6.07) is 5.30. The summed E-state index contributed by atoms with van der Waals surface area (Å²) in [5.74, 6) is 0.939. The maximum atomic E-state index is 12.7. The molecule has 1 aromatic carbocycles. The van der Waals surface area contributed by atoms with Crippen molar-refractivity contribution in [1.29, 1.82) is 0 Å². The van der Waals surface area contributed by atoms with Crippen LogP contribution in [0.25, 0.3) is 0 Å². The molecule has 2 rings (SSSR count). The van der Waals surface area contributed by atoms with Crippen molar-refractivity contribution < 1.29 is 9.53 Å². The van der Waals surface area contributed by atoms with Gasteiger partial charge in [-0.3, -0.25) is 4.79 Å². The van der Waals surface area contributed by atoms with Gasteiger partial charge in [0.05, 0.1) is 12.1 Å². The van der Waals surface area contributed by atoms with Crippen LogP contribution < -0.4 is 4.74 Å². The van der Waals surface area contributed by atoms with Crippen molar-refractivity contribution in [3.8, 4) is 5.75 Å². The maximum Gasteiger partial charge on any atom is 0.167 e. The van der Waals surface area contributed by atoms with E-state index in [1.807, 2.05) is 0 Å². The summed E-state index contributed by atoms with van der Waals surface area (Å²) >= 11 is 6.21. The fourth-order valence-electron chi connectivity index (χ4n) is 2.99. The first kappa shape index (κ1) is 14.4. The first-order valence-electron chi connectivity index (χ1n) is 6.83. The molecule has 1 aromatic rings. The first-order valence-corrected chi connectivity index (χ1v) is 7.21. The third-order valence-corrected chi connectivity index (χ3v) is 4.58. The van der Waals surface area contributed by atoms with Crippen LogP contribution >= 0.6 is 11.6 Å². The molecule has 3 heteroatoms. The number of hydrogen-bond donors (Lipinski definition) is 0. The van der Waals surface area contributed by atoms with Crippen LogP contribution in [0, 0.1) is 11.3 Å². The van der Waals surface area contributed by atoms with Crippen LogP contribution in [0.5, 0.6) is 5.75 Å². The molecule has 0 aliphatic heterocycles. The van der Waals surface area contributed by atoms with E-state index >= 15 is 0 Å². The Labute approximate surface area is 120 Å². The summed E-state index contributed by atoms with van der Waals surface area (Å²) < 4.78 is 5.12. The van der Waals surface area contributed by atoms with Gasteiger partial charge < -0.3 is 4.74 Å². The maximum absolute atomic E-state index is 12.7. The zero-order chi connectivity index (χ0) is 14.0. The number of carbonyl (C=O) groups is 1. The van der Waals surface area contributed by atoms with E-state index in [9.17, 15) is 4.79 Å². The molecule has 0 amide bonds. The summed E-state index contributed by atoms with van der Waals surface area (Å²) in [5, 5.41) is 0.491. The predicted octanol–water partition coefficient (Wildman–Crippen LogP) is 4.75. The third kappa shape index (κ3) is 2.94. The Balaban J connectivity index is 2.28. The van der Waals surface area contributed by atoms with E-state index in [0.29, 0.717) is 16.3 Å². The van der Waals surface area contributed by atoms with Crippen LogP contribution in [-0.2, 0) is 0 Å². The van der Waals surface area contributed by atoms with E-state index in [4.69, 9.17) is 16.3 Å². The molecule has 0 heterocycles. The Morgan fingerprint density at radius 2 is 2.11 bits per heavy atom. The Morgan fingerprint density at radius 3 is 2.68 bits per heavy atom. The molecule has 0 N–H and O–H groups in total. The molecule has 1 aliphatic rings. The number of Topliss-reactive ketones (excluding diaryl/α,β-unsaturated/α-hetero) is 1. The van der Waals surface area contributed by atoms with E-state index in [-0.39, 0.29) is 17.1 Å². The summed E-state index contributed by atoms with van der Waals surface area (Å²) in [7, 11) is 1.59. The first-order chi connectivity index (χ1) is 8.95. The van der Waals surface area contributed by atoms with Gasteiger partial charge in [0.1, 0.15) is 5.75 Å². The number of ketones is 1. The van der Waals surface area contributed by atoms with E-state index in [2.05, 4.69) is 13.8 Å². The molecule has 1 saturated carbocycles. The molecule has 104 valence electrons. The molecule has 1 aliphatic carbocycles. The van der Waals surface area contributed by atoms with E-state index in [1.54, 1.807) is 25.3 Å².